The van der Waals surface area contributed by atoms with Gasteiger partial charge in [-0.2, -0.15) is 0 Å². The van der Waals surface area contributed by atoms with E-state index in [1.54, 1.807) is 11.3 Å². The Morgan fingerprint density at radius 1 is 1.33 bits per heavy atom. The molecule has 4 rings (SSSR count). The van der Waals surface area contributed by atoms with Gasteiger partial charge in [-0.25, -0.2) is 4.98 Å². The number of amides is 1. The van der Waals surface area contributed by atoms with Gasteiger partial charge in [-0.3, -0.25) is 9.89 Å². The molecular weight excluding hydrogens is 380 g/mol. The van der Waals surface area contributed by atoms with E-state index in [0.29, 0.717) is 5.16 Å². The normalized spacial score (nSPS) is 12.3. The molecule has 1 aromatic carbocycles. The summed E-state index contributed by atoms with van der Waals surface area (Å²) in [4.78, 5) is 17.9. The molecule has 8 heteroatoms. The Morgan fingerprint density at radius 2 is 2.22 bits per heavy atom. The number of aromatic amines is 1. The summed E-state index contributed by atoms with van der Waals surface area (Å²) in [5.41, 5.74) is 0.821. The van der Waals surface area contributed by atoms with Gasteiger partial charge in [0.1, 0.15) is 17.2 Å². The number of furan rings is 1. The maximum atomic E-state index is 12.2. The second kappa shape index (κ2) is 7.98. The molecule has 0 aliphatic carbocycles. The first-order valence-corrected chi connectivity index (χ1v) is 10.4. The SMILES string of the molecule is CC(NC(=O)CSc1n[nH]c(Cc2cccs2)n1)c1cc2ccccc2o1. The number of nitrogens with zero attached hydrogens (tertiary/aromatic N) is 2. The molecule has 27 heavy (non-hydrogen) atoms. The Morgan fingerprint density at radius 3 is 3.04 bits per heavy atom. The number of H-pyrrole nitrogens is 1. The fourth-order valence-electron chi connectivity index (χ4n) is 2.70. The molecule has 2 N–H and O–H groups in total. The number of thiophene rings is 1. The van der Waals surface area contributed by atoms with Crippen molar-refractivity contribution < 1.29 is 9.21 Å². The van der Waals surface area contributed by atoms with Crippen LogP contribution in [0.5, 0.6) is 0 Å². The van der Waals surface area contributed by atoms with Crippen molar-refractivity contribution in [2.45, 2.75) is 24.5 Å². The van der Waals surface area contributed by atoms with Crippen molar-refractivity contribution in [1.82, 2.24) is 20.5 Å². The predicted molar refractivity (Wildman–Crippen MR) is 107 cm³/mol. The molecule has 3 heterocycles. The number of fused-ring (bicyclic) bond motifs is 1. The van der Waals surface area contributed by atoms with Crippen molar-refractivity contribution in [2.75, 3.05) is 5.75 Å². The van der Waals surface area contributed by atoms with Gasteiger partial charge in [-0.05, 0) is 30.5 Å². The number of carbonyl (C=O) groups is 1. The average Bonchev–Trinajstić information content (AvgIpc) is 3.41. The Hall–Kier alpha value is -2.58. The van der Waals surface area contributed by atoms with Crippen LogP contribution in [0.25, 0.3) is 11.0 Å². The number of hydrogen-bond donors (Lipinski definition) is 2. The quantitative estimate of drug-likeness (QED) is 0.457. The highest BCUT2D eigenvalue weighted by Gasteiger charge is 2.15. The molecule has 0 spiro atoms. The van der Waals surface area contributed by atoms with Gasteiger partial charge >= 0.3 is 0 Å². The van der Waals surface area contributed by atoms with Crippen LogP contribution in [0.3, 0.4) is 0 Å². The molecule has 3 aromatic heterocycles. The van der Waals surface area contributed by atoms with E-state index in [1.165, 1.54) is 16.6 Å². The van der Waals surface area contributed by atoms with Gasteiger partial charge in [0.05, 0.1) is 11.8 Å². The summed E-state index contributed by atoms with van der Waals surface area (Å²) in [6, 6.07) is 13.6. The molecular formula is C19H18N4O2S2. The van der Waals surface area contributed by atoms with Crippen LogP contribution < -0.4 is 5.32 Å². The first-order chi connectivity index (χ1) is 13.2. The number of nitrogens with one attached hydrogen (secondary N) is 2. The number of rotatable bonds is 7. The first-order valence-electron chi connectivity index (χ1n) is 8.51. The number of para-hydroxylation sites is 1. The van der Waals surface area contributed by atoms with Crippen LogP contribution in [0.1, 0.15) is 29.4 Å². The lowest BCUT2D eigenvalue weighted by Gasteiger charge is -2.10. The predicted octanol–water partition coefficient (Wildman–Crippen LogP) is 4.17. The summed E-state index contributed by atoms with van der Waals surface area (Å²) in [6.07, 6.45) is 0.723. The van der Waals surface area contributed by atoms with Crippen LogP contribution in [-0.4, -0.2) is 26.8 Å². The van der Waals surface area contributed by atoms with E-state index in [2.05, 4.69) is 26.6 Å². The summed E-state index contributed by atoms with van der Waals surface area (Å²) in [5.74, 6) is 1.71. The van der Waals surface area contributed by atoms with Crippen molar-refractivity contribution in [2.24, 2.45) is 0 Å². The van der Waals surface area contributed by atoms with Crippen LogP contribution in [0.4, 0.5) is 0 Å². The van der Waals surface area contributed by atoms with E-state index < -0.39 is 0 Å². The highest BCUT2D eigenvalue weighted by molar-refractivity contribution is 7.99. The topological polar surface area (TPSA) is 83.8 Å². The van der Waals surface area contributed by atoms with Crippen LogP contribution in [0.15, 0.2) is 57.4 Å². The van der Waals surface area contributed by atoms with Crippen LogP contribution >= 0.6 is 23.1 Å². The highest BCUT2D eigenvalue weighted by atomic mass is 32.2. The van der Waals surface area contributed by atoms with Gasteiger partial charge in [0.2, 0.25) is 11.1 Å². The fraction of sp³-hybridized carbons (Fsp3) is 0.211. The minimum Gasteiger partial charge on any atom is -0.459 e. The van der Waals surface area contributed by atoms with E-state index in [4.69, 9.17) is 4.42 Å². The van der Waals surface area contributed by atoms with Crippen molar-refractivity contribution >= 4 is 40.0 Å². The van der Waals surface area contributed by atoms with Crippen LogP contribution in [0, 0.1) is 0 Å². The molecule has 1 atom stereocenters. The fourth-order valence-corrected chi connectivity index (χ4v) is 4.04. The number of hydrogen-bond acceptors (Lipinski definition) is 6. The van der Waals surface area contributed by atoms with E-state index in [1.807, 2.05) is 48.7 Å². The highest BCUT2D eigenvalue weighted by Crippen LogP contribution is 2.24. The first kappa shape index (κ1) is 17.8. The number of carbonyl (C=O) groups excluding carboxylic acids is 1. The maximum absolute atomic E-state index is 12.2. The molecule has 0 saturated carbocycles. The van der Waals surface area contributed by atoms with Gasteiger partial charge in [0.15, 0.2) is 0 Å². The molecule has 1 unspecified atom stereocenters. The Labute approximate surface area is 164 Å². The Kier molecular flexibility index (Phi) is 5.26. The van der Waals surface area contributed by atoms with Gasteiger partial charge < -0.3 is 9.73 Å². The molecule has 138 valence electrons. The zero-order valence-corrected chi connectivity index (χ0v) is 16.3. The lowest BCUT2D eigenvalue weighted by atomic mass is 10.2. The molecule has 0 radical (unpaired) electrons. The van der Waals surface area contributed by atoms with Crippen molar-refractivity contribution in [3.8, 4) is 0 Å². The van der Waals surface area contributed by atoms with Gasteiger partial charge in [0, 0.05) is 16.7 Å². The molecule has 0 saturated heterocycles. The smallest absolute Gasteiger partial charge is 0.231 e. The van der Waals surface area contributed by atoms with Crippen molar-refractivity contribution in [1.29, 1.82) is 0 Å². The van der Waals surface area contributed by atoms with Crippen LogP contribution in [0.2, 0.25) is 0 Å². The standard InChI is InChI=1S/C19H18N4O2S2/c1-12(16-9-13-5-2-3-7-15(13)25-16)20-18(24)11-27-19-21-17(22-23-19)10-14-6-4-8-26-14/h2-9,12H,10-11H2,1H3,(H,20,24)(H,21,22,23). The van der Waals surface area contributed by atoms with Gasteiger partial charge in [0.25, 0.3) is 0 Å². The summed E-state index contributed by atoms with van der Waals surface area (Å²) >= 11 is 3.00. The van der Waals surface area contributed by atoms with Crippen molar-refractivity contribution in [3.63, 3.8) is 0 Å². The molecule has 4 aromatic rings. The number of aromatic nitrogens is 3. The van der Waals surface area contributed by atoms with E-state index in [9.17, 15) is 4.79 Å². The molecule has 0 aliphatic rings. The zero-order valence-electron chi connectivity index (χ0n) is 14.6. The molecule has 0 fully saturated rings. The lowest BCUT2D eigenvalue weighted by Crippen LogP contribution is -2.27. The minimum absolute atomic E-state index is 0.0856. The van der Waals surface area contributed by atoms with Gasteiger partial charge in [-0.1, -0.05) is 36.0 Å². The second-order valence-electron chi connectivity index (χ2n) is 6.09. The summed E-state index contributed by atoms with van der Waals surface area (Å²) in [7, 11) is 0. The number of benzene rings is 1. The Bertz CT molecular complexity index is 1010. The zero-order chi connectivity index (χ0) is 18.6. The summed E-state index contributed by atoms with van der Waals surface area (Å²) < 4.78 is 5.80. The Balaban J connectivity index is 1.29. The monoisotopic (exact) mass is 398 g/mol. The third kappa shape index (κ3) is 4.40. The average molecular weight is 399 g/mol. The van der Waals surface area contributed by atoms with Crippen molar-refractivity contribution in [3.05, 3.63) is 64.3 Å². The molecule has 0 bridgehead atoms. The third-order valence-electron chi connectivity index (χ3n) is 4.01. The number of thioether (sulfide) groups is 1. The summed E-state index contributed by atoms with van der Waals surface area (Å²) in [6.45, 7) is 1.91. The molecule has 1 amide bonds. The minimum atomic E-state index is -0.202. The summed E-state index contributed by atoms with van der Waals surface area (Å²) in [5, 5.41) is 13.7. The van der Waals surface area contributed by atoms with E-state index in [0.717, 1.165) is 29.0 Å². The van der Waals surface area contributed by atoms with E-state index in [-0.39, 0.29) is 17.7 Å². The maximum Gasteiger partial charge on any atom is 0.231 e. The third-order valence-corrected chi connectivity index (χ3v) is 5.74. The van der Waals surface area contributed by atoms with Gasteiger partial charge in [-0.15, -0.1) is 16.4 Å². The second-order valence-corrected chi connectivity index (χ2v) is 8.06. The van der Waals surface area contributed by atoms with Crippen LogP contribution in [-0.2, 0) is 11.2 Å². The lowest BCUT2D eigenvalue weighted by molar-refractivity contribution is -0.119. The molecule has 6 nitrogen and oxygen atoms in total. The van der Waals surface area contributed by atoms with E-state index >= 15 is 0 Å². The largest absolute Gasteiger partial charge is 0.459 e. The molecule has 0 aliphatic heterocycles.